The molecule has 4 aromatic rings. The minimum Gasteiger partial charge on any atom is -0.503 e. The molecule has 0 bridgehead atoms. The number of aromatic nitrogens is 2. The molecule has 5 rings (SSSR count). The van der Waals surface area contributed by atoms with Gasteiger partial charge in [-0.25, -0.2) is 9.78 Å². The zero-order chi connectivity index (χ0) is 27.5. The Kier molecular flexibility index (Phi) is 7.33. The fourth-order valence-corrected chi connectivity index (χ4v) is 5.42. The van der Waals surface area contributed by atoms with E-state index in [0.717, 1.165) is 5.56 Å². The van der Waals surface area contributed by atoms with E-state index in [0.29, 0.717) is 45.6 Å². The van der Waals surface area contributed by atoms with Crippen LogP contribution in [0.5, 0.6) is 0 Å². The van der Waals surface area contributed by atoms with Gasteiger partial charge in [-0.1, -0.05) is 43.3 Å². The summed E-state index contributed by atoms with van der Waals surface area (Å²) in [6.45, 7) is 3.94. The van der Waals surface area contributed by atoms with E-state index in [1.165, 1.54) is 16.2 Å². The number of hydrogen-bond donors (Lipinski definition) is 1. The third-order valence-electron chi connectivity index (χ3n) is 6.26. The number of ketones is 1. The molecular formula is C30H25N3O5S. The lowest BCUT2D eigenvalue weighted by atomic mass is 9.98. The standard InChI is InChI=1S/C30H25N3O5S/c1-3-17-38-30(37)20-12-14-21(15-13-20)33-24(22-11-7-8-16-31-22)23(26(35)29(33)36)25(34)27-18(2)32-28(39-27)19-9-5-4-6-10-19/h4-16,24,35H,3,17H2,1-2H3. The van der Waals surface area contributed by atoms with Crippen LogP contribution in [0.1, 0.15) is 50.8 Å². The minimum absolute atomic E-state index is 0.0727. The van der Waals surface area contributed by atoms with Gasteiger partial charge in [-0.15, -0.1) is 11.3 Å². The van der Waals surface area contributed by atoms with Gasteiger partial charge in [-0.2, -0.15) is 0 Å². The fourth-order valence-electron chi connectivity index (χ4n) is 4.39. The van der Waals surface area contributed by atoms with Gasteiger partial charge in [0.1, 0.15) is 11.0 Å². The average Bonchev–Trinajstić information content (AvgIpc) is 3.49. The average molecular weight is 540 g/mol. The number of ether oxygens (including phenoxy) is 1. The molecule has 0 radical (unpaired) electrons. The molecule has 0 aliphatic carbocycles. The number of esters is 1. The first-order valence-corrected chi connectivity index (χ1v) is 13.2. The number of amides is 1. The van der Waals surface area contributed by atoms with Crippen LogP contribution in [0.3, 0.4) is 0 Å². The van der Waals surface area contributed by atoms with Crippen LogP contribution in [0.4, 0.5) is 5.69 Å². The second-order valence-electron chi connectivity index (χ2n) is 8.91. The Bertz CT molecular complexity index is 1560. The molecular weight excluding hydrogens is 514 g/mol. The normalized spacial score (nSPS) is 15.1. The molecule has 9 heteroatoms. The second-order valence-corrected chi connectivity index (χ2v) is 9.91. The van der Waals surface area contributed by atoms with Crippen molar-refractivity contribution >= 4 is 34.7 Å². The number of carbonyl (C=O) groups is 3. The summed E-state index contributed by atoms with van der Waals surface area (Å²) in [7, 11) is 0. The SMILES string of the molecule is CCCOC(=O)c1ccc(N2C(=O)C(O)=C(C(=O)c3sc(-c4ccccc4)nc3C)C2c2ccccn2)cc1. The molecule has 0 spiro atoms. The molecule has 1 amide bonds. The van der Waals surface area contributed by atoms with Crippen LogP contribution in [0.15, 0.2) is 90.3 Å². The Morgan fingerprint density at radius 1 is 1.03 bits per heavy atom. The van der Waals surface area contributed by atoms with Gasteiger partial charge in [0.25, 0.3) is 5.91 Å². The van der Waals surface area contributed by atoms with E-state index < -0.39 is 29.5 Å². The monoisotopic (exact) mass is 539 g/mol. The van der Waals surface area contributed by atoms with Crippen LogP contribution in [0.2, 0.25) is 0 Å². The molecule has 3 heterocycles. The summed E-state index contributed by atoms with van der Waals surface area (Å²) >= 11 is 1.21. The molecule has 0 saturated heterocycles. The number of thiazole rings is 1. The lowest BCUT2D eigenvalue weighted by Crippen LogP contribution is -2.31. The summed E-state index contributed by atoms with van der Waals surface area (Å²) in [4.78, 5) is 50.3. The molecule has 1 atom stereocenters. The van der Waals surface area contributed by atoms with Crippen molar-refractivity contribution < 1.29 is 24.2 Å². The first kappa shape index (κ1) is 26.0. The third kappa shape index (κ3) is 4.96. The van der Waals surface area contributed by atoms with E-state index in [1.54, 1.807) is 55.6 Å². The molecule has 1 aliphatic heterocycles. The predicted molar refractivity (Wildman–Crippen MR) is 148 cm³/mol. The summed E-state index contributed by atoms with van der Waals surface area (Å²) in [5, 5.41) is 11.7. The Balaban J connectivity index is 1.54. The number of rotatable bonds is 8. The van der Waals surface area contributed by atoms with Crippen molar-refractivity contribution in [1.82, 2.24) is 9.97 Å². The van der Waals surface area contributed by atoms with Gasteiger partial charge in [0.05, 0.1) is 34.0 Å². The van der Waals surface area contributed by atoms with Gasteiger partial charge >= 0.3 is 5.97 Å². The number of anilines is 1. The number of pyridine rings is 1. The maximum Gasteiger partial charge on any atom is 0.338 e. The van der Waals surface area contributed by atoms with Crippen molar-refractivity contribution in [1.29, 1.82) is 0 Å². The minimum atomic E-state index is -0.981. The first-order valence-electron chi connectivity index (χ1n) is 12.4. The molecule has 0 fully saturated rings. The quantitative estimate of drug-likeness (QED) is 0.220. The van der Waals surface area contributed by atoms with Gasteiger partial charge in [-0.3, -0.25) is 19.5 Å². The van der Waals surface area contributed by atoms with Gasteiger partial charge in [0.2, 0.25) is 5.78 Å². The number of carbonyl (C=O) groups excluding carboxylic acids is 3. The van der Waals surface area contributed by atoms with E-state index in [9.17, 15) is 19.5 Å². The zero-order valence-electron chi connectivity index (χ0n) is 21.3. The number of aliphatic hydroxyl groups excluding tert-OH is 1. The number of nitrogens with zero attached hydrogens (tertiary/aromatic N) is 3. The second kappa shape index (κ2) is 11.0. The van der Waals surface area contributed by atoms with Gasteiger partial charge in [0, 0.05) is 17.4 Å². The van der Waals surface area contributed by atoms with E-state index >= 15 is 0 Å². The molecule has 1 aliphatic rings. The Labute approximate surface area is 229 Å². The van der Waals surface area contributed by atoms with E-state index in [-0.39, 0.29) is 5.57 Å². The Morgan fingerprint density at radius 2 is 1.74 bits per heavy atom. The summed E-state index contributed by atoms with van der Waals surface area (Å²) < 4.78 is 5.19. The maximum absolute atomic E-state index is 14.0. The molecule has 1 unspecified atom stereocenters. The highest BCUT2D eigenvalue weighted by Gasteiger charge is 2.46. The third-order valence-corrected chi connectivity index (χ3v) is 7.47. The van der Waals surface area contributed by atoms with Crippen molar-refractivity contribution in [2.45, 2.75) is 26.3 Å². The van der Waals surface area contributed by atoms with Crippen molar-refractivity contribution in [3.05, 3.63) is 112 Å². The van der Waals surface area contributed by atoms with Crippen molar-refractivity contribution in [3.63, 3.8) is 0 Å². The van der Waals surface area contributed by atoms with E-state index in [1.807, 2.05) is 37.3 Å². The van der Waals surface area contributed by atoms with Crippen molar-refractivity contribution in [2.75, 3.05) is 11.5 Å². The Hall–Kier alpha value is -4.63. The first-order chi connectivity index (χ1) is 18.9. The molecule has 2 aromatic heterocycles. The Morgan fingerprint density at radius 3 is 2.41 bits per heavy atom. The van der Waals surface area contributed by atoms with Crippen molar-refractivity contribution in [3.8, 4) is 10.6 Å². The van der Waals surface area contributed by atoms with Gasteiger partial charge in [0.15, 0.2) is 5.76 Å². The lowest BCUT2D eigenvalue weighted by Gasteiger charge is -2.26. The number of hydrogen-bond acceptors (Lipinski definition) is 8. The van der Waals surface area contributed by atoms with Gasteiger partial charge in [-0.05, 0) is 49.7 Å². The highest BCUT2D eigenvalue weighted by Crippen LogP contribution is 2.42. The van der Waals surface area contributed by atoms with Crippen LogP contribution in [0.25, 0.3) is 10.6 Å². The van der Waals surface area contributed by atoms with Crippen LogP contribution in [-0.2, 0) is 9.53 Å². The lowest BCUT2D eigenvalue weighted by molar-refractivity contribution is -0.117. The summed E-state index contributed by atoms with van der Waals surface area (Å²) in [6.07, 6.45) is 2.26. The summed E-state index contributed by atoms with van der Waals surface area (Å²) in [5.41, 5.74) is 2.43. The van der Waals surface area contributed by atoms with Crippen LogP contribution < -0.4 is 4.90 Å². The van der Waals surface area contributed by atoms with Crippen LogP contribution in [-0.4, -0.2) is 39.3 Å². The summed E-state index contributed by atoms with van der Waals surface area (Å²) in [5.74, 6) is -2.34. The zero-order valence-corrected chi connectivity index (χ0v) is 22.1. The predicted octanol–water partition coefficient (Wildman–Crippen LogP) is 5.86. The van der Waals surface area contributed by atoms with Crippen LogP contribution >= 0.6 is 11.3 Å². The van der Waals surface area contributed by atoms with Crippen molar-refractivity contribution in [2.24, 2.45) is 0 Å². The molecule has 0 saturated carbocycles. The maximum atomic E-state index is 14.0. The number of aliphatic hydroxyl groups is 1. The number of Topliss-reactive ketones (excluding diaryl/α,β-unsaturated/α-hetero) is 1. The highest BCUT2D eigenvalue weighted by molar-refractivity contribution is 7.17. The van der Waals surface area contributed by atoms with Gasteiger partial charge < -0.3 is 9.84 Å². The molecule has 1 N–H and O–H groups in total. The largest absolute Gasteiger partial charge is 0.503 e. The van der Waals surface area contributed by atoms with E-state index in [2.05, 4.69) is 9.97 Å². The molecule has 39 heavy (non-hydrogen) atoms. The van der Waals surface area contributed by atoms with Crippen LogP contribution in [0, 0.1) is 6.92 Å². The summed E-state index contributed by atoms with van der Waals surface area (Å²) in [6, 6.07) is 20.0. The molecule has 196 valence electrons. The number of benzene rings is 2. The highest BCUT2D eigenvalue weighted by atomic mass is 32.1. The number of aryl methyl sites for hydroxylation is 1. The van der Waals surface area contributed by atoms with E-state index in [4.69, 9.17) is 4.74 Å². The molecule has 8 nitrogen and oxygen atoms in total. The molecule has 2 aromatic carbocycles. The smallest absolute Gasteiger partial charge is 0.338 e. The fraction of sp³-hybridized carbons (Fsp3) is 0.167. The topological polar surface area (TPSA) is 110 Å².